The summed E-state index contributed by atoms with van der Waals surface area (Å²) in [5.74, 6) is -1.07. The molecular weight excluding hydrogens is 543 g/mol. The summed E-state index contributed by atoms with van der Waals surface area (Å²) in [4.78, 5) is 38.6. The van der Waals surface area contributed by atoms with Crippen LogP contribution in [-0.2, 0) is 26.2 Å². The molecule has 0 bridgehead atoms. The van der Waals surface area contributed by atoms with Crippen LogP contribution in [0.1, 0.15) is 38.3 Å². The van der Waals surface area contributed by atoms with Gasteiger partial charge in [0, 0.05) is 24.7 Å². The summed E-state index contributed by atoms with van der Waals surface area (Å²) in [5, 5.41) is 14.7. The van der Waals surface area contributed by atoms with Gasteiger partial charge in [-0.2, -0.15) is 0 Å². The molecule has 0 fully saturated rings. The summed E-state index contributed by atoms with van der Waals surface area (Å²) in [5.41, 5.74) is 0.678. The van der Waals surface area contributed by atoms with E-state index >= 15 is 0 Å². The molecule has 2 aromatic rings. The van der Waals surface area contributed by atoms with Crippen molar-refractivity contribution in [1.29, 1.82) is 0 Å². The molecule has 202 valence electrons. The van der Waals surface area contributed by atoms with Crippen LogP contribution < -0.4 is 9.62 Å². The molecule has 0 radical (unpaired) electrons. The molecule has 2 amide bonds. The molecule has 1 N–H and O–H groups in total. The topological polar surface area (TPSA) is 130 Å². The Bertz CT molecular complexity index is 1290. The SMILES string of the molecule is CC[C@@H](C(=O)NC(C)C)N(Cc1ccc(Cl)c(Cl)c1)C(=O)CN(c1cc([N+](=O)[O-])ccc1C)S(C)(=O)=O. The average molecular weight is 573 g/mol. The molecular formula is C24H30Cl2N4O6S. The number of carbonyl (C=O) groups excluding carboxylic acids is 2. The van der Waals surface area contributed by atoms with Crippen molar-refractivity contribution in [3.05, 3.63) is 67.7 Å². The van der Waals surface area contributed by atoms with E-state index in [1.807, 2.05) is 0 Å². The van der Waals surface area contributed by atoms with E-state index in [4.69, 9.17) is 23.2 Å². The molecule has 10 nitrogen and oxygen atoms in total. The minimum Gasteiger partial charge on any atom is -0.352 e. The molecule has 0 heterocycles. The van der Waals surface area contributed by atoms with E-state index in [0.29, 0.717) is 16.1 Å². The summed E-state index contributed by atoms with van der Waals surface area (Å²) in [6.45, 7) is 6.16. The number of nitrogens with one attached hydrogen (secondary N) is 1. The Balaban J connectivity index is 2.55. The van der Waals surface area contributed by atoms with Crippen LogP contribution in [-0.4, -0.2) is 54.9 Å². The number of hydrogen-bond donors (Lipinski definition) is 1. The molecule has 0 saturated heterocycles. The lowest BCUT2D eigenvalue weighted by Gasteiger charge is -2.33. The van der Waals surface area contributed by atoms with E-state index in [1.165, 1.54) is 17.0 Å². The van der Waals surface area contributed by atoms with Gasteiger partial charge in [-0.1, -0.05) is 42.3 Å². The smallest absolute Gasteiger partial charge is 0.271 e. The maximum atomic E-state index is 13.7. The number of hydrogen-bond acceptors (Lipinski definition) is 6. The predicted molar refractivity (Wildman–Crippen MR) is 144 cm³/mol. The molecule has 2 rings (SSSR count). The zero-order chi connectivity index (χ0) is 28.1. The van der Waals surface area contributed by atoms with Crippen molar-refractivity contribution in [3.8, 4) is 0 Å². The standard InChI is InChI=1S/C24H30Cl2N4O6S/c1-6-21(24(32)27-15(2)3)28(13-17-8-10-19(25)20(26)11-17)23(31)14-29(37(5,35)36)22-12-18(30(33)34)9-7-16(22)4/h7-12,15,21H,6,13-14H2,1-5H3,(H,27,32)/t21-/m0/s1. The quantitative estimate of drug-likeness (QED) is 0.315. The number of rotatable bonds is 11. The minimum absolute atomic E-state index is 0.000724. The number of sulfonamides is 1. The number of nitrogens with zero attached hydrogens (tertiary/aromatic N) is 3. The molecule has 0 aliphatic rings. The van der Waals surface area contributed by atoms with E-state index in [2.05, 4.69) is 5.32 Å². The fourth-order valence-electron chi connectivity index (χ4n) is 3.71. The van der Waals surface area contributed by atoms with E-state index in [-0.39, 0.29) is 35.4 Å². The lowest BCUT2D eigenvalue weighted by molar-refractivity contribution is -0.384. The van der Waals surface area contributed by atoms with Crippen LogP contribution in [0.25, 0.3) is 0 Å². The Labute approximate surface area is 226 Å². The van der Waals surface area contributed by atoms with Crippen molar-refractivity contribution in [2.75, 3.05) is 17.1 Å². The zero-order valence-corrected chi connectivity index (χ0v) is 23.5. The third kappa shape index (κ3) is 8.05. The Kier molecular flexibility index (Phi) is 10.3. The van der Waals surface area contributed by atoms with Crippen molar-refractivity contribution < 1.29 is 22.9 Å². The number of nitro benzene ring substituents is 1. The number of anilines is 1. The lowest BCUT2D eigenvalue weighted by atomic mass is 10.1. The summed E-state index contributed by atoms with van der Waals surface area (Å²) < 4.78 is 26.3. The largest absolute Gasteiger partial charge is 0.352 e. The molecule has 0 unspecified atom stereocenters. The van der Waals surface area contributed by atoms with Gasteiger partial charge < -0.3 is 10.2 Å². The van der Waals surface area contributed by atoms with Crippen molar-refractivity contribution in [3.63, 3.8) is 0 Å². The minimum atomic E-state index is -4.04. The molecule has 1 atom stereocenters. The number of benzene rings is 2. The highest BCUT2D eigenvalue weighted by Gasteiger charge is 2.33. The average Bonchev–Trinajstić information content (AvgIpc) is 2.78. The highest BCUT2D eigenvalue weighted by Crippen LogP contribution is 2.28. The number of carbonyl (C=O) groups is 2. The van der Waals surface area contributed by atoms with Gasteiger partial charge >= 0.3 is 0 Å². The van der Waals surface area contributed by atoms with Gasteiger partial charge in [0.15, 0.2) is 0 Å². The first-order valence-electron chi connectivity index (χ1n) is 11.4. The van der Waals surface area contributed by atoms with Gasteiger partial charge in [-0.05, 0) is 50.5 Å². The van der Waals surface area contributed by atoms with Gasteiger partial charge in [0.25, 0.3) is 5.69 Å². The number of non-ortho nitro benzene ring substituents is 1. The first-order valence-corrected chi connectivity index (χ1v) is 14.0. The molecule has 2 aromatic carbocycles. The van der Waals surface area contributed by atoms with E-state index in [1.54, 1.807) is 45.9 Å². The van der Waals surface area contributed by atoms with Crippen LogP contribution in [0.15, 0.2) is 36.4 Å². The van der Waals surface area contributed by atoms with Gasteiger partial charge in [-0.15, -0.1) is 0 Å². The molecule has 37 heavy (non-hydrogen) atoms. The van der Waals surface area contributed by atoms with E-state index in [0.717, 1.165) is 16.6 Å². The Hall–Kier alpha value is -2.89. The van der Waals surface area contributed by atoms with Crippen LogP contribution >= 0.6 is 23.2 Å². The first kappa shape index (κ1) is 30.3. The monoisotopic (exact) mass is 572 g/mol. The molecule has 0 saturated carbocycles. The lowest BCUT2D eigenvalue weighted by Crippen LogP contribution is -2.53. The molecule has 0 aromatic heterocycles. The van der Waals surface area contributed by atoms with Gasteiger partial charge in [-0.3, -0.25) is 24.0 Å². The van der Waals surface area contributed by atoms with E-state index in [9.17, 15) is 28.1 Å². The van der Waals surface area contributed by atoms with Crippen LogP contribution in [0, 0.1) is 17.0 Å². The number of nitro groups is 1. The van der Waals surface area contributed by atoms with Crippen LogP contribution in [0.5, 0.6) is 0 Å². The summed E-state index contributed by atoms with van der Waals surface area (Å²) in [6.07, 6.45) is 1.16. The van der Waals surface area contributed by atoms with Gasteiger partial charge in [0.1, 0.15) is 12.6 Å². The summed E-state index contributed by atoms with van der Waals surface area (Å²) >= 11 is 12.2. The Morgan fingerprint density at radius 1 is 1.11 bits per heavy atom. The molecule has 13 heteroatoms. The van der Waals surface area contributed by atoms with Gasteiger partial charge in [0.2, 0.25) is 21.8 Å². The van der Waals surface area contributed by atoms with Crippen LogP contribution in [0.3, 0.4) is 0 Å². The molecule has 0 spiro atoms. The zero-order valence-electron chi connectivity index (χ0n) is 21.2. The van der Waals surface area contributed by atoms with Gasteiger partial charge in [-0.25, -0.2) is 8.42 Å². The van der Waals surface area contributed by atoms with Crippen molar-refractivity contribution >= 4 is 56.4 Å². The second kappa shape index (κ2) is 12.6. The van der Waals surface area contributed by atoms with E-state index < -0.39 is 39.3 Å². The molecule has 0 aliphatic heterocycles. The maximum absolute atomic E-state index is 13.7. The fourth-order valence-corrected chi connectivity index (χ4v) is 4.93. The number of amides is 2. The second-order valence-corrected chi connectivity index (χ2v) is 11.6. The first-order chi connectivity index (χ1) is 17.1. The Morgan fingerprint density at radius 3 is 2.27 bits per heavy atom. The highest BCUT2D eigenvalue weighted by atomic mass is 35.5. The van der Waals surface area contributed by atoms with Crippen molar-refractivity contribution in [1.82, 2.24) is 10.2 Å². The number of halogens is 2. The summed E-state index contributed by atoms with van der Waals surface area (Å²) in [6, 6.07) is 7.44. The van der Waals surface area contributed by atoms with Crippen molar-refractivity contribution in [2.45, 2.75) is 52.7 Å². The summed E-state index contributed by atoms with van der Waals surface area (Å²) in [7, 11) is -4.04. The highest BCUT2D eigenvalue weighted by molar-refractivity contribution is 7.92. The third-order valence-corrected chi connectivity index (χ3v) is 7.37. The predicted octanol–water partition coefficient (Wildman–Crippen LogP) is 4.31. The maximum Gasteiger partial charge on any atom is 0.271 e. The van der Waals surface area contributed by atoms with Crippen molar-refractivity contribution in [2.24, 2.45) is 0 Å². The van der Waals surface area contributed by atoms with Crippen LogP contribution in [0.4, 0.5) is 11.4 Å². The number of aryl methyl sites for hydroxylation is 1. The normalized spacial score (nSPS) is 12.2. The molecule has 0 aliphatic carbocycles. The Morgan fingerprint density at radius 2 is 1.76 bits per heavy atom. The van der Waals surface area contributed by atoms with Gasteiger partial charge in [0.05, 0.1) is 26.9 Å². The van der Waals surface area contributed by atoms with Crippen LogP contribution in [0.2, 0.25) is 10.0 Å². The fraction of sp³-hybridized carbons (Fsp3) is 0.417. The second-order valence-electron chi connectivity index (χ2n) is 8.85. The third-order valence-electron chi connectivity index (χ3n) is 5.51.